The number of nitrogens with two attached hydrogens (primary N) is 1. The van der Waals surface area contributed by atoms with Gasteiger partial charge in [-0.15, -0.1) is 11.3 Å². The number of thiophene rings is 1. The highest BCUT2D eigenvalue weighted by molar-refractivity contribution is 9.11. The van der Waals surface area contributed by atoms with Gasteiger partial charge in [0.1, 0.15) is 0 Å². The number of aromatic nitrogens is 2. The van der Waals surface area contributed by atoms with Crippen LogP contribution in [0.2, 0.25) is 0 Å². The Morgan fingerprint density at radius 3 is 2.79 bits per heavy atom. The van der Waals surface area contributed by atoms with E-state index in [9.17, 15) is 4.79 Å². The number of hydrogen-bond acceptors (Lipinski definition) is 4. The van der Waals surface area contributed by atoms with Gasteiger partial charge in [0.15, 0.2) is 5.69 Å². The largest absolute Gasteiger partial charge is 0.395 e. The molecule has 0 aliphatic heterocycles. The molecule has 0 atom stereocenters. The van der Waals surface area contributed by atoms with Crippen LogP contribution in [0.5, 0.6) is 0 Å². The van der Waals surface area contributed by atoms with Crippen molar-refractivity contribution in [3.05, 3.63) is 32.2 Å². The molecule has 2 aromatic rings. The quantitative estimate of drug-likeness (QED) is 0.896. The van der Waals surface area contributed by atoms with Crippen LogP contribution in [-0.2, 0) is 6.54 Å². The molecule has 19 heavy (non-hydrogen) atoms. The summed E-state index contributed by atoms with van der Waals surface area (Å²) in [5.41, 5.74) is 7.30. The molecule has 1 amide bonds. The lowest BCUT2D eigenvalue weighted by atomic mass is 10.2. The maximum Gasteiger partial charge on any atom is 0.276 e. The van der Waals surface area contributed by atoms with Crippen molar-refractivity contribution in [1.82, 2.24) is 15.1 Å². The number of carbonyl (C=O) groups is 1. The minimum atomic E-state index is -0.145. The Morgan fingerprint density at radius 2 is 2.32 bits per heavy atom. The SMILES string of the molecule is CCN(Cc1ccc(Br)s1)C(=O)c1n[nH]c(C)c1N. The van der Waals surface area contributed by atoms with Crippen molar-refractivity contribution in [2.75, 3.05) is 12.3 Å². The van der Waals surface area contributed by atoms with E-state index < -0.39 is 0 Å². The van der Waals surface area contributed by atoms with E-state index in [1.165, 1.54) is 0 Å². The fraction of sp³-hybridized carbons (Fsp3) is 0.333. The minimum absolute atomic E-state index is 0.145. The summed E-state index contributed by atoms with van der Waals surface area (Å²) >= 11 is 5.04. The number of aryl methyl sites for hydroxylation is 1. The van der Waals surface area contributed by atoms with Crippen LogP contribution < -0.4 is 5.73 Å². The molecule has 0 aromatic carbocycles. The van der Waals surface area contributed by atoms with Crippen LogP contribution in [0.25, 0.3) is 0 Å². The Morgan fingerprint density at radius 1 is 1.58 bits per heavy atom. The molecule has 2 rings (SSSR count). The van der Waals surface area contributed by atoms with Gasteiger partial charge in [-0.2, -0.15) is 5.10 Å². The second-order valence-corrected chi connectivity index (χ2v) is 6.68. The fourth-order valence-electron chi connectivity index (χ4n) is 1.70. The number of nitrogens with one attached hydrogen (secondary N) is 1. The van der Waals surface area contributed by atoms with Gasteiger partial charge in [-0.25, -0.2) is 0 Å². The van der Waals surface area contributed by atoms with Gasteiger partial charge in [-0.1, -0.05) is 0 Å². The molecule has 0 unspecified atom stereocenters. The number of aromatic amines is 1. The number of rotatable bonds is 4. The van der Waals surface area contributed by atoms with E-state index in [-0.39, 0.29) is 5.91 Å². The number of nitrogens with zero attached hydrogens (tertiary/aromatic N) is 2. The molecule has 0 radical (unpaired) electrons. The molecule has 102 valence electrons. The van der Waals surface area contributed by atoms with Crippen LogP contribution in [0.4, 0.5) is 5.69 Å². The van der Waals surface area contributed by atoms with Gasteiger partial charge < -0.3 is 10.6 Å². The number of halogens is 1. The van der Waals surface area contributed by atoms with Gasteiger partial charge in [-0.05, 0) is 41.9 Å². The van der Waals surface area contributed by atoms with Crippen molar-refractivity contribution in [2.24, 2.45) is 0 Å². The number of anilines is 1. The van der Waals surface area contributed by atoms with Gasteiger partial charge in [0, 0.05) is 11.4 Å². The zero-order valence-electron chi connectivity index (χ0n) is 10.7. The highest BCUT2D eigenvalue weighted by Crippen LogP contribution is 2.24. The first-order valence-electron chi connectivity index (χ1n) is 5.86. The first-order valence-corrected chi connectivity index (χ1v) is 7.47. The second-order valence-electron chi connectivity index (χ2n) is 4.14. The number of H-pyrrole nitrogens is 1. The molecular weight excluding hydrogens is 328 g/mol. The Bertz CT molecular complexity index is 592. The Hall–Kier alpha value is -1.34. The third-order valence-corrected chi connectivity index (χ3v) is 4.45. The lowest BCUT2D eigenvalue weighted by Crippen LogP contribution is -2.30. The monoisotopic (exact) mass is 342 g/mol. The molecule has 0 aliphatic rings. The van der Waals surface area contributed by atoms with Crippen LogP contribution in [0, 0.1) is 6.92 Å². The van der Waals surface area contributed by atoms with Crippen LogP contribution >= 0.6 is 27.3 Å². The van der Waals surface area contributed by atoms with Crippen molar-refractivity contribution >= 4 is 38.9 Å². The average molecular weight is 343 g/mol. The van der Waals surface area contributed by atoms with E-state index >= 15 is 0 Å². The van der Waals surface area contributed by atoms with E-state index in [4.69, 9.17) is 5.73 Å². The van der Waals surface area contributed by atoms with Crippen LogP contribution in [0.15, 0.2) is 15.9 Å². The second kappa shape index (κ2) is 5.75. The van der Waals surface area contributed by atoms with Crippen molar-refractivity contribution in [3.8, 4) is 0 Å². The Kier molecular flexibility index (Phi) is 4.26. The average Bonchev–Trinajstić information content (AvgIpc) is 2.94. The zero-order chi connectivity index (χ0) is 14.0. The normalized spacial score (nSPS) is 10.7. The number of hydrogen-bond donors (Lipinski definition) is 2. The molecular formula is C12H15BrN4OS. The van der Waals surface area contributed by atoms with E-state index in [1.807, 2.05) is 19.1 Å². The number of nitrogen functional groups attached to an aromatic ring is 1. The van der Waals surface area contributed by atoms with Crippen molar-refractivity contribution in [1.29, 1.82) is 0 Å². The summed E-state index contributed by atoms with van der Waals surface area (Å²) in [5, 5.41) is 6.72. The molecule has 0 spiro atoms. The third-order valence-electron chi connectivity index (χ3n) is 2.84. The Balaban J connectivity index is 2.17. The summed E-state index contributed by atoms with van der Waals surface area (Å²) in [7, 11) is 0. The fourth-order valence-corrected chi connectivity index (χ4v) is 3.20. The van der Waals surface area contributed by atoms with Gasteiger partial charge in [0.25, 0.3) is 5.91 Å². The molecule has 0 saturated carbocycles. The summed E-state index contributed by atoms with van der Waals surface area (Å²) in [6.45, 7) is 4.92. The maximum absolute atomic E-state index is 12.4. The predicted molar refractivity (Wildman–Crippen MR) is 80.2 cm³/mol. The molecule has 5 nitrogen and oxygen atoms in total. The van der Waals surface area contributed by atoms with E-state index in [2.05, 4.69) is 26.1 Å². The molecule has 3 N–H and O–H groups in total. The molecule has 0 saturated heterocycles. The van der Waals surface area contributed by atoms with Crippen LogP contribution in [-0.4, -0.2) is 27.5 Å². The Labute approximate surface area is 123 Å². The third kappa shape index (κ3) is 2.98. The molecule has 7 heteroatoms. The molecule has 2 aromatic heterocycles. The molecule has 0 aliphatic carbocycles. The van der Waals surface area contributed by atoms with E-state index in [0.717, 1.165) is 14.4 Å². The molecule has 0 bridgehead atoms. The lowest BCUT2D eigenvalue weighted by Gasteiger charge is -2.19. The van der Waals surface area contributed by atoms with Crippen LogP contribution in [0.3, 0.4) is 0 Å². The summed E-state index contributed by atoms with van der Waals surface area (Å²) in [5.74, 6) is -0.145. The van der Waals surface area contributed by atoms with E-state index in [1.54, 1.807) is 23.2 Å². The number of amides is 1. The summed E-state index contributed by atoms with van der Waals surface area (Å²) < 4.78 is 1.06. The molecule has 2 heterocycles. The first-order chi connectivity index (χ1) is 9.02. The lowest BCUT2D eigenvalue weighted by molar-refractivity contribution is 0.0749. The predicted octanol–water partition coefficient (Wildman–Crippen LogP) is 2.79. The highest BCUT2D eigenvalue weighted by Gasteiger charge is 2.21. The highest BCUT2D eigenvalue weighted by atomic mass is 79.9. The van der Waals surface area contributed by atoms with Gasteiger partial charge >= 0.3 is 0 Å². The first kappa shape index (κ1) is 14.1. The molecule has 0 fully saturated rings. The summed E-state index contributed by atoms with van der Waals surface area (Å²) in [4.78, 5) is 15.2. The van der Waals surface area contributed by atoms with Gasteiger partial charge in [-0.3, -0.25) is 9.89 Å². The number of carbonyl (C=O) groups excluding carboxylic acids is 1. The van der Waals surface area contributed by atoms with Gasteiger partial charge in [0.2, 0.25) is 0 Å². The smallest absolute Gasteiger partial charge is 0.276 e. The van der Waals surface area contributed by atoms with Crippen molar-refractivity contribution in [2.45, 2.75) is 20.4 Å². The van der Waals surface area contributed by atoms with Crippen molar-refractivity contribution in [3.63, 3.8) is 0 Å². The van der Waals surface area contributed by atoms with Crippen LogP contribution in [0.1, 0.15) is 28.0 Å². The van der Waals surface area contributed by atoms with E-state index in [0.29, 0.717) is 24.5 Å². The van der Waals surface area contributed by atoms with Crippen molar-refractivity contribution < 1.29 is 4.79 Å². The minimum Gasteiger partial charge on any atom is -0.395 e. The van der Waals surface area contributed by atoms with Gasteiger partial charge in [0.05, 0.1) is 21.7 Å². The summed E-state index contributed by atoms with van der Waals surface area (Å²) in [6.07, 6.45) is 0. The summed E-state index contributed by atoms with van der Waals surface area (Å²) in [6, 6.07) is 3.98. The maximum atomic E-state index is 12.4. The zero-order valence-corrected chi connectivity index (χ0v) is 13.1. The topological polar surface area (TPSA) is 75.0 Å². The standard InChI is InChI=1S/C12H15BrN4OS/c1-3-17(6-8-4-5-9(13)19-8)12(18)11-10(14)7(2)15-16-11/h4-5H,3,6,14H2,1-2H3,(H,15,16).